The first kappa shape index (κ1) is 23.9. The number of piperidine rings is 1. The van der Waals surface area contributed by atoms with E-state index in [1.54, 1.807) is 6.20 Å². The summed E-state index contributed by atoms with van der Waals surface area (Å²) >= 11 is 0. The fourth-order valence-corrected chi connectivity index (χ4v) is 6.49. The summed E-state index contributed by atoms with van der Waals surface area (Å²) in [5.74, 6) is 4.86. The molecule has 3 atom stereocenters. The van der Waals surface area contributed by atoms with Gasteiger partial charge in [0.25, 0.3) is 0 Å². The molecule has 2 aromatic carbocycles. The number of hydrogen-bond donors (Lipinski definition) is 2. The number of imidazole rings is 1. The lowest BCUT2D eigenvalue weighted by molar-refractivity contribution is -0.130. The number of fused-ring (bicyclic) bond motifs is 2. The van der Waals surface area contributed by atoms with Crippen molar-refractivity contribution in [2.24, 2.45) is 0 Å². The number of nitrogen functional groups attached to an aromatic ring is 1. The predicted octanol–water partition coefficient (Wildman–Crippen LogP) is 4.59. The van der Waals surface area contributed by atoms with E-state index in [1.165, 1.54) is 18.4 Å². The van der Waals surface area contributed by atoms with Gasteiger partial charge in [0, 0.05) is 54.0 Å². The average Bonchev–Trinajstić information content (AvgIpc) is 3.66. The highest BCUT2D eigenvalue weighted by atomic mass is 16.3. The van der Waals surface area contributed by atoms with Crippen LogP contribution in [0.4, 0.5) is 5.82 Å². The second-order valence-corrected chi connectivity index (χ2v) is 11.2. The first-order chi connectivity index (χ1) is 19.0. The molecule has 2 saturated heterocycles. The average molecular weight is 518 g/mol. The second-order valence-electron chi connectivity index (χ2n) is 11.2. The molecular weight excluding hydrogens is 486 g/mol. The van der Waals surface area contributed by atoms with Crippen molar-refractivity contribution < 1.29 is 9.90 Å². The predicted molar refractivity (Wildman–Crippen MR) is 150 cm³/mol. The smallest absolute Gasteiger partial charge is 0.222 e. The van der Waals surface area contributed by atoms with Crippen molar-refractivity contribution in [1.29, 1.82) is 0 Å². The molecule has 196 valence electrons. The zero-order valence-electron chi connectivity index (χ0n) is 21.8. The molecule has 39 heavy (non-hydrogen) atoms. The van der Waals surface area contributed by atoms with E-state index < -0.39 is 5.60 Å². The lowest BCUT2D eigenvalue weighted by Crippen LogP contribution is -2.41. The lowest BCUT2D eigenvalue weighted by atomic mass is 9.85. The highest BCUT2D eigenvalue weighted by Gasteiger charge is 2.38. The van der Waals surface area contributed by atoms with Gasteiger partial charge in [0.1, 0.15) is 22.9 Å². The number of nitrogens with zero attached hydrogens (tertiary/aromatic N) is 4. The van der Waals surface area contributed by atoms with Crippen molar-refractivity contribution in [3.8, 4) is 23.6 Å². The Bertz CT molecular complexity index is 1630. The quantitative estimate of drug-likeness (QED) is 0.378. The molecule has 3 aliphatic rings. The molecule has 7 nitrogen and oxygen atoms in total. The normalized spacial score (nSPS) is 22.5. The maximum Gasteiger partial charge on any atom is 0.222 e. The highest BCUT2D eigenvalue weighted by Crippen LogP contribution is 2.42. The van der Waals surface area contributed by atoms with E-state index in [4.69, 9.17) is 17.1 Å². The monoisotopic (exact) mass is 517 g/mol. The molecule has 7 heteroatoms. The SMILES string of the molecule is C#C[C@](O)(c1ccc(-c2nc([C@@H]3CC[C@H]4CCC(=O)N4C3)n3ccnc(N)c23)cc1)c1cccc(C2CC2)c1. The Hall–Kier alpha value is -4.15. The van der Waals surface area contributed by atoms with Crippen molar-refractivity contribution in [3.63, 3.8) is 0 Å². The van der Waals surface area contributed by atoms with Gasteiger partial charge in [-0.05, 0) is 43.6 Å². The van der Waals surface area contributed by atoms with Gasteiger partial charge in [-0.15, -0.1) is 6.42 Å². The summed E-state index contributed by atoms with van der Waals surface area (Å²) < 4.78 is 2.03. The van der Waals surface area contributed by atoms with Crippen LogP contribution in [-0.4, -0.2) is 42.9 Å². The second kappa shape index (κ2) is 8.96. The molecule has 0 radical (unpaired) electrons. The maximum absolute atomic E-state index is 12.5. The standard InChI is InChI=1S/C32H31N5O2/c1-2-32(39,25-5-3-4-22(18-25)20-6-7-20)24-11-8-21(9-12-24)28-29-30(33)34-16-17-36(29)31(35-28)23-10-13-26-14-15-27(38)37(26)19-23/h1,3-5,8-9,11-12,16-18,20,23,26,39H,6-7,10,13-15,19H2,(H2,33,34)/t23-,26+,32+/m1/s1. The zero-order valence-corrected chi connectivity index (χ0v) is 21.8. The molecule has 3 fully saturated rings. The van der Waals surface area contributed by atoms with E-state index in [2.05, 4.69) is 17.0 Å². The minimum atomic E-state index is -1.54. The number of nitrogens with two attached hydrogens (primary N) is 1. The Morgan fingerprint density at radius 3 is 2.59 bits per heavy atom. The first-order valence-electron chi connectivity index (χ1n) is 13.8. The van der Waals surface area contributed by atoms with Crippen LogP contribution in [0.15, 0.2) is 60.9 Å². The van der Waals surface area contributed by atoms with Crippen LogP contribution in [0.3, 0.4) is 0 Å². The van der Waals surface area contributed by atoms with Crippen LogP contribution in [0, 0.1) is 12.3 Å². The van der Waals surface area contributed by atoms with Crippen LogP contribution in [0.5, 0.6) is 0 Å². The Kier molecular flexibility index (Phi) is 5.50. The third-order valence-electron chi connectivity index (χ3n) is 8.83. The van der Waals surface area contributed by atoms with Gasteiger partial charge in [-0.1, -0.05) is 54.5 Å². The lowest BCUT2D eigenvalue weighted by Gasteiger charge is -2.34. The third kappa shape index (κ3) is 3.90. The van der Waals surface area contributed by atoms with Gasteiger partial charge in [-0.25, -0.2) is 9.97 Å². The largest absolute Gasteiger partial charge is 0.382 e. The minimum Gasteiger partial charge on any atom is -0.382 e. The van der Waals surface area contributed by atoms with Crippen molar-refractivity contribution >= 4 is 17.2 Å². The number of carbonyl (C=O) groups is 1. The Morgan fingerprint density at radius 1 is 1.03 bits per heavy atom. The number of benzene rings is 2. The molecule has 1 amide bonds. The number of carbonyl (C=O) groups excluding carboxylic acids is 1. The van der Waals surface area contributed by atoms with Gasteiger partial charge in [-0.3, -0.25) is 9.20 Å². The van der Waals surface area contributed by atoms with Gasteiger partial charge in [-0.2, -0.15) is 0 Å². The van der Waals surface area contributed by atoms with Gasteiger partial charge in [0.05, 0.1) is 0 Å². The molecule has 4 heterocycles. The third-order valence-corrected chi connectivity index (χ3v) is 8.83. The van der Waals surface area contributed by atoms with Crippen LogP contribution in [-0.2, 0) is 10.4 Å². The van der Waals surface area contributed by atoms with Crippen LogP contribution in [0.25, 0.3) is 16.8 Å². The van der Waals surface area contributed by atoms with Crippen molar-refractivity contribution in [3.05, 3.63) is 83.4 Å². The fraction of sp³-hybridized carbons (Fsp3) is 0.344. The number of rotatable bonds is 5. The molecule has 0 unspecified atom stereocenters. The van der Waals surface area contributed by atoms with E-state index in [9.17, 15) is 9.90 Å². The summed E-state index contributed by atoms with van der Waals surface area (Å²) in [7, 11) is 0. The molecule has 3 N–H and O–H groups in total. The minimum absolute atomic E-state index is 0.121. The highest BCUT2D eigenvalue weighted by molar-refractivity contribution is 5.85. The summed E-state index contributed by atoms with van der Waals surface area (Å²) in [5, 5.41) is 11.6. The molecule has 2 aliphatic heterocycles. The van der Waals surface area contributed by atoms with Gasteiger partial charge < -0.3 is 15.7 Å². The summed E-state index contributed by atoms with van der Waals surface area (Å²) in [5.41, 5.74) is 9.75. The fourth-order valence-electron chi connectivity index (χ4n) is 6.49. The number of aromatic nitrogens is 3. The summed E-state index contributed by atoms with van der Waals surface area (Å²) in [6.45, 7) is 0.679. The van der Waals surface area contributed by atoms with Crippen molar-refractivity contribution in [2.45, 2.75) is 62.0 Å². The van der Waals surface area contributed by atoms with Crippen LogP contribution in [0.2, 0.25) is 0 Å². The van der Waals surface area contributed by atoms with E-state index >= 15 is 0 Å². The molecule has 2 aromatic heterocycles. The summed E-state index contributed by atoms with van der Waals surface area (Å²) in [4.78, 5) is 23.9. The number of anilines is 1. The maximum atomic E-state index is 12.5. The molecule has 7 rings (SSSR count). The number of amides is 1. The van der Waals surface area contributed by atoms with E-state index in [0.717, 1.165) is 41.9 Å². The van der Waals surface area contributed by atoms with Crippen molar-refractivity contribution in [1.82, 2.24) is 19.3 Å². The van der Waals surface area contributed by atoms with Gasteiger partial charge in [0.2, 0.25) is 5.91 Å². The molecule has 0 spiro atoms. The Balaban J connectivity index is 1.26. The van der Waals surface area contributed by atoms with E-state index in [-0.39, 0.29) is 11.8 Å². The summed E-state index contributed by atoms with van der Waals surface area (Å²) in [6.07, 6.45) is 15.4. The van der Waals surface area contributed by atoms with E-state index in [0.29, 0.717) is 41.9 Å². The molecule has 4 aromatic rings. The molecular formula is C32H31N5O2. The molecule has 1 saturated carbocycles. The summed E-state index contributed by atoms with van der Waals surface area (Å²) in [6, 6.07) is 16.0. The Labute approximate surface area is 227 Å². The molecule has 0 bridgehead atoms. The van der Waals surface area contributed by atoms with Crippen LogP contribution in [0.1, 0.15) is 72.9 Å². The van der Waals surface area contributed by atoms with Gasteiger partial charge >= 0.3 is 0 Å². The van der Waals surface area contributed by atoms with Gasteiger partial charge in [0.15, 0.2) is 5.60 Å². The topological polar surface area (TPSA) is 96.8 Å². The van der Waals surface area contributed by atoms with Crippen LogP contribution < -0.4 is 5.73 Å². The number of terminal acetylenes is 1. The van der Waals surface area contributed by atoms with Crippen molar-refractivity contribution in [2.75, 3.05) is 12.3 Å². The number of aliphatic hydroxyl groups is 1. The zero-order chi connectivity index (χ0) is 26.7. The van der Waals surface area contributed by atoms with Crippen LogP contribution >= 0.6 is 0 Å². The number of hydrogen-bond acceptors (Lipinski definition) is 5. The molecule has 1 aliphatic carbocycles. The first-order valence-corrected chi connectivity index (χ1v) is 13.8. The van der Waals surface area contributed by atoms with E-state index in [1.807, 2.05) is 58.0 Å². The Morgan fingerprint density at radius 2 is 1.82 bits per heavy atom.